The van der Waals surface area contributed by atoms with E-state index < -0.39 is 11.9 Å². The van der Waals surface area contributed by atoms with E-state index in [1.807, 2.05) is 6.92 Å². The molecular formula is C15H12ClNO4. The largest absolute Gasteiger partial charge is 0.506 e. The highest BCUT2D eigenvalue weighted by atomic mass is 35.5. The van der Waals surface area contributed by atoms with Crippen LogP contribution in [-0.2, 0) is 0 Å². The molecule has 5 nitrogen and oxygen atoms in total. The number of phenolic OH excluding ortho intramolecular Hbond substituents is 1. The van der Waals surface area contributed by atoms with E-state index in [1.54, 1.807) is 18.2 Å². The first-order valence-electron chi connectivity index (χ1n) is 6.02. The van der Waals surface area contributed by atoms with E-state index >= 15 is 0 Å². The Balaban J connectivity index is 2.31. The first kappa shape index (κ1) is 14.9. The summed E-state index contributed by atoms with van der Waals surface area (Å²) in [6.45, 7) is 1.84. The molecule has 0 fully saturated rings. The number of rotatable bonds is 3. The summed E-state index contributed by atoms with van der Waals surface area (Å²) in [7, 11) is 0. The number of amides is 1. The SMILES string of the molecule is Cc1ccc(C(=O)Nc2cc(C(=O)O)ccc2O)c(Cl)c1. The molecule has 0 bridgehead atoms. The molecule has 0 aliphatic carbocycles. The van der Waals surface area contributed by atoms with Gasteiger partial charge in [-0.2, -0.15) is 0 Å². The van der Waals surface area contributed by atoms with Crippen LogP contribution < -0.4 is 5.32 Å². The molecule has 0 heterocycles. The molecule has 2 rings (SSSR count). The summed E-state index contributed by atoms with van der Waals surface area (Å²) in [4.78, 5) is 23.0. The van der Waals surface area contributed by atoms with Gasteiger partial charge in [0.05, 0.1) is 21.8 Å². The lowest BCUT2D eigenvalue weighted by molar-refractivity contribution is 0.0696. The average Bonchev–Trinajstić information content (AvgIpc) is 2.40. The van der Waals surface area contributed by atoms with Gasteiger partial charge in [-0.25, -0.2) is 4.79 Å². The van der Waals surface area contributed by atoms with E-state index in [1.165, 1.54) is 18.2 Å². The van der Waals surface area contributed by atoms with E-state index in [0.29, 0.717) is 0 Å². The average molecular weight is 306 g/mol. The highest BCUT2D eigenvalue weighted by molar-refractivity contribution is 6.34. The van der Waals surface area contributed by atoms with E-state index in [0.717, 1.165) is 5.56 Å². The van der Waals surface area contributed by atoms with Crippen LogP contribution in [0.2, 0.25) is 5.02 Å². The number of carbonyl (C=O) groups is 2. The highest BCUT2D eigenvalue weighted by Crippen LogP contribution is 2.26. The Morgan fingerprint density at radius 3 is 2.48 bits per heavy atom. The lowest BCUT2D eigenvalue weighted by atomic mass is 10.1. The second kappa shape index (κ2) is 5.85. The molecule has 0 saturated heterocycles. The van der Waals surface area contributed by atoms with Gasteiger partial charge in [0.25, 0.3) is 5.91 Å². The van der Waals surface area contributed by atoms with E-state index in [4.69, 9.17) is 16.7 Å². The molecule has 0 aliphatic rings. The van der Waals surface area contributed by atoms with Gasteiger partial charge in [0, 0.05) is 0 Å². The fourth-order valence-electron chi connectivity index (χ4n) is 1.76. The van der Waals surface area contributed by atoms with Crippen LogP contribution in [0.25, 0.3) is 0 Å². The maximum Gasteiger partial charge on any atom is 0.335 e. The van der Waals surface area contributed by atoms with Crippen molar-refractivity contribution >= 4 is 29.2 Å². The van der Waals surface area contributed by atoms with Crippen molar-refractivity contribution in [2.75, 3.05) is 5.32 Å². The van der Waals surface area contributed by atoms with Crippen LogP contribution in [0.1, 0.15) is 26.3 Å². The number of hydrogen-bond donors (Lipinski definition) is 3. The van der Waals surface area contributed by atoms with E-state index in [-0.39, 0.29) is 27.6 Å². The van der Waals surface area contributed by atoms with Gasteiger partial charge < -0.3 is 15.5 Å². The predicted octanol–water partition coefficient (Wildman–Crippen LogP) is 3.30. The zero-order chi connectivity index (χ0) is 15.6. The standard InChI is InChI=1S/C15H12ClNO4/c1-8-2-4-10(11(16)6-8)14(19)17-12-7-9(15(20)21)3-5-13(12)18/h2-7,18H,1H3,(H,17,19)(H,20,21). The first-order valence-corrected chi connectivity index (χ1v) is 6.40. The minimum atomic E-state index is -1.15. The van der Waals surface area contributed by atoms with E-state index in [9.17, 15) is 14.7 Å². The van der Waals surface area contributed by atoms with Crippen LogP contribution >= 0.6 is 11.6 Å². The topological polar surface area (TPSA) is 86.6 Å². The lowest BCUT2D eigenvalue weighted by Crippen LogP contribution is -2.13. The molecule has 0 spiro atoms. The number of benzene rings is 2. The second-order valence-corrected chi connectivity index (χ2v) is 4.88. The van der Waals surface area contributed by atoms with Crippen LogP contribution in [0.15, 0.2) is 36.4 Å². The number of aromatic hydroxyl groups is 1. The van der Waals surface area contributed by atoms with Crippen LogP contribution in [-0.4, -0.2) is 22.1 Å². The molecule has 0 aromatic heterocycles. The van der Waals surface area contributed by atoms with Crippen molar-refractivity contribution in [3.63, 3.8) is 0 Å². The summed E-state index contributed by atoms with van der Waals surface area (Å²) in [5.41, 5.74) is 1.12. The third kappa shape index (κ3) is 3.32. The van der Waals surface area contributed by atoms with Crippen molar-refractivity contribution in [1.82, 2.24) is 0 Å². The summed E-state index contributed by atoms with van der Waals surface area (Å²) in [5.74, 6) is -1.91. The Hall–Kier alpha value is -2.53. The van der Waals surface area contributed by atoms with Crippen molar-refractivity contribution in [3.8, 4) is 5.75 Å². The zero-order valence-corrected chi connectivity index (χ0v) is 11.8. The Labute approximate surface area is 125 Å². The summed E-state index contributed by atoms with van der Waals surface area (Å²) < 4.78 is 0. The monoisotopic (exact) mass is 305 g/mol. The van der Waals surface area contributed by atoms with Crippen molar-refractivity contribution in [2.45, 2.75) is 6.92 Å². The number of halogens is 1. The van der Waals surface area contributed by atoms with Crippen molar-refractivity contribution in [3.05, 3.63) is 58.1 Å². The Kier molecular flexibility index (Phi) is 4.14. The minimum absolute atomic E-state index is 0.0107. The molecule has 0 unspecified atom stereocenters. The Morgan fingerprint density at radius 1 is 1.14 bits per heavy atom. The first-order chi connectivity index (χ1) is 9.88. The highest BCUT2D eigenvalue weighted by Gasteiger charge is 2.14. The summed E-state index contributed by atoms with van der Waals surface area (Å²) in [6.07, 6.45) is 0. The third-order valence-electron chi connectivity index (χ3n) is 2.86. The molecular weight excluding hydrogens is 294 g/mol. The Bertz CT molecular complexity index is 728. The quantitative estimate of drug-likeness (QED) is 0.759. The van der Waals surface area contributed by atoms with Crippen LogP contribution in [0.3, 0.4) is 0 Å². The molecule has 108 valence electrons. The van der Waals surface area contributed by atoms with Crippen molar-refractivity contribution in [1.29, 1.82) is 0 Å². The van der Waals surface area contributed by atoms with Crippen LogP contribution in [0, 0.1) is 6.92 Å². The minimum Gasteiger partial charge on any atom is -0.506 e. The number of hydrogen-bond acceptors (Lipinski definition) is 3. The van der Waals surface area contributed by atoms with Crippen LogP contribution in [0.4, 0.5) is 5.69 Å². The molecule has 0 aliphatic heterocycles. The molecule has 0 saturated carbocycles. The molecule has 6 heteroatoms. The number of phenols is 1. The van der Waals surface area contributed by atoms with Gasteiger partial charge in [0.1, 0.15) is 5.75 Å². The third-order valence-corrected chi connectivity index (χ3v) is 3.17. The van der Waals surface area contributed by atoms with Gasteiger partial charge in [0.15, 0.2) is 0 Å². The summed E-state index contributed by atoms with van der Waals surface area (Å²) in [5, 5.41) is 21.3. The molecule has 21 heavy (non-hydrogen) atoms. The van der Waals surface area contributed by atoms with E-state index in [2.05, 4.69) is 5.32 Å². The van der Waals surface area contributed by atoms with Crippen molar-refractivity contribution < 1.29 is 19.8 Å². The number of carboxylic acids is 1. The van der Waals surface area contributed by atoms with Gasteiger partial charge in [-0.15, -0.1) is 0 Å². The molecule has 3 N–H and O–H groups in total. The normalized spacial score (nSPS) is 10.2. The summed E-state index contributed by atoms with van der Waals surface area (Å²) in [6, 6.07) is 8.56. The number of aryl methyl sites for hydroxylation is 1. The molecule has 2 aromatic rings. The molecule has 1 amide bonds. The smallest absolute Gasteiger partial charge is 0.335 e. The maximum atomic E-state index is 12.1. The lowest BCUT2D eigenvalue weighted by Gasteiger charge is -2.09. The number of aromatic carboxylic acids is 1. The predicted molar refractivity (Wildman–Crippen MR) is 79.2 cm³/mol. The fraction of sp³-hybridized carbons (Fsp3) is 0.0667. The zero-order valence-electron chi connectivity index (χ0n) is 11.1. The van der Waals surface area contributed by atoms with Gasteiger partial charge in [-0.1, -0.05) is 17.7 Å². The number of carboxylic acid groups (broad SMARTS) is 1. The number of anilines is 1. The Morgan fingerprint density at radius 2 is 1.86 bits per heavy atom. The molecule has 2 aromatic carbocycles. The fourth-order valence-corrected chi connectivity index (χ4v) is 2.08. The molecule has 0 radical (unpaired) electrons. The van der Waals surface area contributed by atoms with Gasteiger partial charge in [-0.3, -0.25) is 4.79 Å². The van der Waals surface area contributed by atoms with Gasteiger partial charge in [0.2, 0.25) is 0 Å². The second-order valence-electron chi connectivity index (χ2n) is 4.47. The van der Waals surface area contributed by atoms with Gasteiger partial charge >= 0.3 is 5.97 Å². The summed E-state index contributed by atoms with van der Waals surface area (Å²) >= 11 is 5.99. The van der Waals surface area contributed by atoms with Crippen LogP contribution in [0.5, 0.6) is 5.75 Å². The van der Waals surface area contributed by atoms with Gasteiger partial charge in [-0.05, 0) is 42.8 Å². The van der Waals surface area contributed by atoms with Crippen molar-refractivity contribution in [2.24, 2.45) is 0 Å². The maximum absolute atomic E-state index is 12.1. The molecule has 0 atom stereocenters. The number of nitrogens with one attached hydrogen (secondary N) is 1. The number of carbonyl (C=O) groups excluding carboxylic acids is 1.